The molecule has 0 aromatic heterocycles. The highest BCUT2D eigenvalue weighted by Crippen LogP contribution is 2.34. The van der Waals surface area contributed by atoms with Crippen molar-refractivity contribution in [2.24, 2.45) is 0 Å². The van der Waals surface area contributed by atoms with Gasteiger partial charge in [0.2, 0.25) is 10.0 Å². The Morgan fingerprint density at radius 1 is 1.15 bits per heavy atom. The van der Waals surface area contributed by atoms with Crippen LogP contribution in [0.5, 0.6) is 5.75 Å². The van der Waals surface area contributed by atoms with Gasteiger partial charge in [-0.3, -0.25) is 0 Å². The summed E-state index contributed by atoms with van der Waals surface area (Å²) in [4.78, 5) is -0.0381. The van der Waals surface area contributed by atoms with Crippen molar-refractivity contribution in [3.8, 4) is 5.75 Å². The Bertz CT molecular complexity index is 1050. The fourth-order valence-corrected chi connectivity index (χ4v) is 7.16. The first-order valence-corrected chi connectivity index (χ1v) is 11.5. The van der Waals surface area contributed by atoms with E-state index in [9.17, 15) is 27.0 Å². The number of rotatable bonds is 6. The average molecular weight is 415 g/mol. The van der Waals surface area contributed by atoms with Crippen molar-refractivity contribution in [1.29, 1.82) is 0 Å². The van der Waals surface area contributed by atoms with Gasteiger partial charge in [0.1, 0.15) is 5.75 Å². The maximum atomic E-state index is 13.3. The minimum Gasteiger partial charge on any atom is -0.496 e. The molecule has 2 aromatic carbocycles. The number of sulfone groups is 1. The van der Waals surface area contributed by atoms with E-state index >= 15 is 0 Å². The van der Waals surface area contributed by atoms with Gasteiger partial charge in [-0.05, 0) is 12.1 Å². The van der Waals surface area contributed by atoms with Crippen LogP contribution in [0.3, 0.4) is 0 Å². The lowest BCUT2D eigenvalue weighted by Crippen LogP contribution is -2.47. The van der Waals surface area contributed by atoms with Gasteiger partial charge in [-0.25, -0.2) is 16.8 Å². The Balaban J connectivity index is 2.15. The van der Waals surface area contributed by atoms with Gasteiger partial charge in [0.15, 0.2) is 9.84 Å². The summed E-state index contributed by atoms with van der Waals surface area (Å²) in [6.45, 7) is -0.823. The molecule has 2 aromatic rings. The molecule has 8 nitrogen and oxygen atoms in total. The average Bonchev–Trinajstić information content (AvgIpc) is 2.90. The molecule has 0 radical (unpaired) electrons. The number of aliphatic hydroxyl groups is 2. The normalized spacial score (nSPS) is 22.4. The fourth-order valence-electron chi connectivity index (χ4n) is 3.42. The molecule has 1 aliphatic heterocycles. The number of hydrogen-bond donors (Lipinski definition) is 2. The third-order valence-corrected chi connectivity index (χ3v) is 8.32. The van der Waals surface area contributed by atoms with Crippen LogP contribution in [0, 0.1) is 0 Å². The molecule has 27 heavy (non-hydrogen) atoms. The standard InChI is InChI=1S/C17H21NO7S2/c1-25-16-6-7-17(13-5-3-2-4-12(13)16)27(23,24)18(8-9-19)14-10-26(21,22)11-15(14)20/h2-7,14-15,19-20H,8-11H2,1H3/t14-,15+/m1/s1. The lowest BCUT2D eigenvalue weighted by molar-refractivity contribution is 0.117. The number of hydrogen-bond acceptors (Lipinski definition) is 7. The third-order valence-electron chi connectivity index (χ3n) is 4.63. The Kier molecular flexibility index (Phi) is 5.46. The zero-order valence-electron chi connectivity index (χ0n) is 14.6. The van der Waals surface area contributed by atoms with Gasteiger partial charge in [0, 0.05) is 17.3 Å². The van der Waals surface area contributed by atoms with E-state index in [0.29, 0.717) is 16.5 Å². The number of methoxy groups -OCH3 is 1. The van der Waals surface area contributed by atoms with Crippen LogP contribution in [-0.2, 0) is 19.9 Å². The zero-order chi connectivity index (χ0) is 19.8. The van der Waals surface area contributed by atoms with Gasteiger partial charge in [-0.1, -0.05) is 24.3 Å². The minimum absolute atomic E-state index is 0.0381. The van der Waals surface area contributed by atoms with Crippen LogP contribution in [0.15, 0.2) is 41.3 Å². The van der Waals surface area contributed by atoms with Gasteiger partial charge in [-0.2, -0.15) is 4.31 Å². The second-order valence-electron chi connectivity index (χ2n) is 6.36. The molecule has 2 N–H and O–H groups in total. The Hall–Kier alpha value is -1.72. The number of nitrogens with zero attached hydrogens (tertiary/aromatic N) is 1. The predicted octanol–water partition coefficient (Wildman–Crippen LogP) is -0.0107. The summed E-state index contributed by atoms with van der Waals surface area (Å²) in [5.74, 6) is -0.485. The van der Waals surface area contributed by atoms with Gasteiger partial charge >= 0.3 is 0 Å². The lowest BCUT2D eigenvalue weighted by atomic mass is 10.1. The van der Waals surface area contributed by atoms with Crippen molar-refractivity contribution in [3.63, 3.8) is 0 Å². The molecule has 148 valence electrons. The van der Waals surface area contributed by atoms with Crippen LogP contribution >= 0.6 is 0 Å². The van der Waals surface area contributed by atoms with Crippen LogP contribution in [-0.4, -0.2) is 75.3 Å². The van der Waals surface area contributed by atoms with Crippen LogP contribution in [0.2, 0.25) is 0 Å². The van der Waals surface area contributed by atoms with Crippen molar-refractivity contribution >= 4 is 30.6 Å². The first kappa shape index (κ1) is 20.0. The number of fused-ring (bicyclic) bond motifs is 1. The van der Waals surface area contributed by atoms with E-state index < -0.39 is 50.1 Å². The molecule has 0 amide bonds. The Morgan fingerprint density at radius 2 is 1.81 bits per heavy atom. The van der Waals surface area contributed by atoms with Crippen LogP contribution in [0.25, 0.3) is 10.8 Å². The van der Waals surface area contributed by atoms with Gasteiger partial charge < -0.3 is 14.9 Å². The van der Waals surface area contributed by atoms with E-state index in [-0.39, 0.29) is 11.4 Å². The molecular weight excluding hydrogens is 394 g/mol. The van der Waals surface area contributed by atoms with Gasteiger partial charge in [-0.15, -0.1) is 0 Å². The quantitative estimate of drug-likeness (QED) is 0.680. The van der Waals surface area contributed by atoms with Crippen LogP contribution in [0.1, 0.15) is 0 Å². The minimum atomic E-state index is -4.19. The molecule has 1 aliphatic rings. The highest BCUT2D eigenvalue weighted by Gasteiger charge is 2.44. The number of sulfonamides is 1. The third kappa shape index (κ3) is 3.67. The van der Waals surface area contributed by atoms with E-state index in [2.05, 4.69) is 0 Å². The van der Waals surface area contributed by atoms with Gasteiger partial charge in [0.25, 0.3) is 0 Å². The molecule has 0 saturated carbocycles. The van der Waals surface area contributed by atoms with E-state index in [1.165, 1.54) is 19.2 Å². The summed E-state index contributed by atoms with van der Waals surface area (Å²) < 4.78 is 56.6. The van der Waals surface area contributed by atoms with E-state index in [4.69, 9.17) is 4.74 Å². The molecule has 10 heteroatoms. The SMILES string of the molecule is COc1ccc(S(=O)(=O)N(CCO)[C@@H]2CS(=O)(=O)C[C@@H]2O)c2ccccc12. The smallest absolute Gasteiger partial charge is 0.244 e. The molecular formula is C17H21NO7S2. The summed E-state index contributed by atoms with van der Waals surface area (Å²) in [5, 5.41) is 20.5. The van der Waals surface area contributed by atoms with Crippen LogP contribution in [0.4, 0.5) is 0 Å². The monoisotopic (exact) mass is 415 g/mol. The molecule has 1 fully saturated rings. The second-order valence-corrected chi connectivity index (χ2v) is 10.4. The van der Waals surface area contributed by atoms with Crippen molar-refractivity contribution in [3.05, 3.63) is 36.4 Å². The molecule has 1 heterocycles. The summed E-state index contributed by atoms with van der Waals surface area (Å²) in [5.41, 5.74) is 0. The van der Waals surface area contributed by atoms with Crippen molar-refractivity contribution < 1.29 is 31.8 Å². The lowest BCUT2D eigenvalue weighted by Gasteiger charge is -2.29. The molecule has 0 aliphatic carbocycles. The first-order valence-electron chi connectivity index (χ1n) is 8.28. The highest BCUT2D eigenvalue weighted by atomic mass is 32.2. The van der Waals surface area contributed by atoms with E-state index in [0.717, 1.165) is 4.31 Å². The first-order chi connectivity index (χ1) is 12.7. The topological polar surface area (TPSA) is 121 Å². The Labute approximate surface area is 158 Å². The summed E-state index contributed by atoms with van der Waals surface area (Å²) in [7, 11) is -6.27. The molecule has 0 bridgehead atoms. The summed E-state index contributed by atoms with van der Waals surface area (Å²) in [6.07, 6.45) is -1.35. The van der Waals surface area contributed by atoms with Crippen molar-refractivity contribution in [2.75, 3.05) is 31.8 Å². The number of ether oxygens (including phenoxy) is 1. The van der Waals surface area contributed by atoms with Crippen molar-refractivity contribution in [2.45, 2.75) is 17.0 Å². The van der Waals surface area contributed by atoms with Crippen molar-refractivity contribution in [1.82, 2.24) is 4.31 Å². The molecule has 0 unspecified atom stereocenters. The van der Waals surface area contributed by atoms with E-state index in [1.54, 1.807) is 24.3 Å². The number of benzene rings is 2. The number of aliphatic hydroxyl groups excluding tert-OH is 2. The van der Waals surface area contributed by atoms with E-state index in [1.807, 2.05) is 0 Å². The Morgan fingerprint density at radius 3 is 2.37 bits per heavy atom. The molecule has 3 rings (SSSR count). The predicted molar refractivity (Wildman–Crippen MR) is 99.9 cm³/mol. The summed E-state index contributed by atoms with van der Waals surface area (Å²) >= 11 is 0. The molecule has 1 saturated heterocycles. The zero-order valence-corrected chi connectivity index (χ0v) is 16.3. The summed E-state index contributed by atoms with van der Waals surface area (Å²) in [6, 6.07) is 8.55. The maximum Gasteiger partial charge on any atom is 0.244 e. The molecule has 0 spiro atoms. The second kappa shape index (κ2) is 7.36. The largest absolute Gasteiger partial charge is 0.496 e. The van der Waals surface area contributed by atoms with Gasteiger partial charge in [0.05, 0.1) is 42.3 Å². The fraction of sp³-hybridized carbons (Fsp3) is 0.412. The maximum absolute atomic E-state index is 13.3. The van der Waals surface area contributed by atoms with Crippen LogP contribution < -0.4 is 4.74 Å². The molecule has 2 atom stereocenters. The highest BCUT2D eigenvalue weighted by molar-refractivity contribution is 7.92.